The van der Waals surface area contributed by atoms with E-state index in [0.717, 1.165) is 48.0 Å². The molecular formula is C24H32N2O3S. The molecule has 1 aromatic heterocycles. The molecule has 6 heteroatoms. The Bertz CT molecular complexity index is 866. The lowest BCUT2D eigenvalue weighted by Gasteiger charge is -2.20. The van der Waals surface area contributed by atoms with E-state index >= 15 is 0 Å². The highest BCUT2D eigenvalue weighted by Crippen LogP contribution is 2.35. The van der Waals surface area contributed by atoms with Crippen molar-refractivity contribution in [3.05, 3.63) is 35.6 Å². The summed E-state index contributed by atoms with van der Waals surface area (Å²) in [7, 11) is 0. The molecule has 30 heavy (non-hydrogen) atoms. The summed E-state index contributed by atoms with van der Waals surface area (Å²) in [5, 5.41) is 7.58. The quantitative estimate of drug-likeness (QED) is 0.578. The lowest BCUT2D eigenvalue weighted by Crippen LogP contribution is -2.37. The predicted octanol–water partition coefficient (Wildman–Crippen LogP) is 5.03. The number of thioether (sulfide) groups is 1. The molecule has 2 N–H and O–H groups in total. The molecule has 0 atom stereocenters. The summed E-state index contributed by atoms with van der Waals surface area (Å²) in [5.41, 5.74) is 1.75. The van der Waals surface area contributed by atoms with Gasteiger partial charge in [0.15, 0.2) is 5.76 Å². The standard InChI is InChI=1S/C24H32N2O3S/c27-23(17-8-4-5-9-17)25-14-15-26-24(28)22-20(16-30-18-10-2-1-3-11-18)19-12-6-7-13-21(19)29-22/h6-7,12-13,17-18H,1-5,8-11,14-16H2,(H,25,27)(H,26,28). The van der Waals surface area contributed by atoms with Crippen LogP contribution in [-0.4, -0.2) is 30.2 Å². The zero-order valence-corrected chi connectivity index (χ0v) is 18.4. The molecule has 0 saturated heterocycles. The van der Waals surface area contributed by atoms with Crippen molar-refractivity contribution in [1.82, 2.24) is 10.6 Å². The first-order valence-corrected chi connectivity index (χ1v) is 12.4. The van der Waals surface area contributed by atoms with Gasteiger partial charge < -0.3 is 15.1 Å². The van der Waals surface area contributed by atoms with Crippen molar-refractivity contribution in [2.45, 2.75) is 68.8 Å². The number of fused-ring (bicyclic) bond motifs is 1. The lowest BCUT2D eigenvalue weighted by atomic mass is 10.0. The monoisotopic (exact) mass is 428 g/mol. The molecule has 4 rings (SSSR count). The average Bonchev–Trinajstić information content (AvgIpc) is 3.44. The van der Waals surface area contributed by atoms with Crippen molar-refractivity contribution in [2.75, 3.05) is 13.1 Å². The van der Waals surface area contributed by atoms with Crippen LogP contribution >= 0.6 is 11.8 Å². The van der Waals surface area contributed by atoms with Gasteiger partial charge in [0.2, 0.25) is 5.91 Å². The molecule has 0 aliphatic heterocycles. The van der Waals surface area contributed by atoms with Gasteiger partial charge in [-0.3, -0.25) is 9.59 Å². The van der Waals surface area contributed by atoms with E-state index in [1.807, 2.05) is 36.0 Å². The Morgan fingerprint density at radius 1 is 0.933 bits per heavy atom. The molecule has 2 aromatic rings. The fourth-order valence-corrected chi connectivity index (χ4v) is 5.99. The molecule has 1 heterocycles. The number of carbonyl (C=O) groups is 2. The fourth-order valence-electron chi connectivity index (χ4n) is 4.63. The summed E-state index contributed by atoms with van der Waals surface area (Å²) >= 11 is 1.95. The number of hydrogen-bond donors (Lipinski definition) is 2. The van der Waals surface area contributed by atoms with Crippen LogP contribution in [0.25, 0.3) is 11.0 Å². The second-order valence-corrected chi connectivity index (χ2v) is 9.79. The molecule has 0 unspecified atom stereocenters. The molecule has 2 amide bonds. The Balaban J connectivity index is 1.35. The molecule has 2 fully saturated rings. The van der Waals surface area contributed by atoms with E-state index in [-0.39, 0.29) is 17.7 Å². The first-order chi connectivity index (χ1) is 14.7. The summed E-state index contributed by atoms with van der Waals surface area (Å²) in [6.07, 6.45) is 10.7. The molecule has 5 nitrogen and oxygen atoms in total. The summed E-state index contributed by atoms with van der Waals surface area (Å²) in [4.78, 5) is 25.0. The van der Waals surface area contributed by atoms with Crippen molar-refractivity contribution in [3.63, 3.8) is 0 Å². The second-order valence-electron chi connectivity index (χ2n) is 8.51. The van der Waals surface area contributed by atoms with Crippen molar-refractivity contribution < 1.29 is 14.0 Å². The summed E-state index contributed by atoms with van der Waals surface area (Å²) in [6, 6.07) is 7.88. The van der Waals surface area contributed by atoms with Crippen molar-refractivity contribution >= 4 is 34.5 Å². The van der Waals surface area contributed by atoms with E-state index in [1.165, 1.54) is 32.1 Å². The van der Waals surface area contributed by atoms with Gasteiger partial charge in [0.05, 0.1) is 0 Å². The Morgan fingerprint density at radius 2 is 1.63 bits per heavy atom. The highest BCUT2D eigenvalue weighted by molar-refractivity contribution is 7.99. The molecular weight excluding hydrogens is 396 g/mol. The van der Waals surface area contributed by atoms with Gasteiger partial charge in [-0.1, -0.05) is 50.3 Å². The number of carbonyl (C=O) groups excluding carboxylic acids is 2. The zero-order valence-electron chi connectivity index (χ0n) is 17.6. The van der Waals surface area contributed by atoms with Gasteiger partial charge in [-0.05, 0) is 31.7 Å². The molecule has 0 radical (unpaired) electrons. The number of hydrogen-bond acceptors (Lipinski definition) is 4. The third kappa shape index (κ3) is 5.20. The minimum absolute atomic E-state index is 0.120. The van der Waals surface area contributed by atoms with Gasteiger partial charge in [-0.2, -0.15) is 11.8 Å². The normalized spacial score (nSPS) is 18.0. The number of para-hydroxylation sites is 1. The van der Waals surface area contributed by atoms with Crippen LogP contribution < -0.4 is 10.6 Å². The molecule has 1 aromatic carbocycles. The first-order valence-electron chi connectivity index (χ1n) is 11.4. The molecule has 2 aliphatic carbocycles. The minimum atomic E-state index is -0.194. The average molecular weight is 429 g/mol. The Kier molecular flexibility index (Phi) is 7.37. The van der Waals surface area contributed by atoms with Crippen LogP contribution in [0.4, 0.5) is 0 Å². The van der Waals surface area contributed by atoms with Gasteiger partial charge in [0.25, 0.3) is 5.91 Å². The maximum Gasteiger partial charge on any atom is 0.287 e. The summed E-state index contributed by atoms with van der Waals surface area (Å²) < 4.78 is 5.95. The Labute approximate surface area is 182 Å². The van der Waals surface area contributed by atoms with E-state index in [1.54, 1.807) is 0 Å². The number of nitrogens with one attached hydrogen (secondary N) is 2. The molecule has 0 bridgehead atoms. The minimum Gasteiger partial charge on any atom is -0.451 e. The smallest absolute Gasteiger partial charge is 0.287 e. The van der Waals surface area contributed by atoms with Crippen LogP contribution in [0.2, 0.25) is 0 Å². The van der Waals surface area contributed by atoms with Crippen molar-refractivity contribution in [1.29, 1.82) is 0 Å². The number of amides is 2. The van der Waals surface area contributed by atoms with E-state index < -0.39 is 0 Å². The first kappa shape index (κ1) is 21.3. The summed E-state index contributed by atoms with van der Waals surface area (Å²) in [5.74, 6) is 1.29. The highest BCUT2D eigenvalue weighted by atomic mass is 32.2. The number of furan rings is 1. The van der Waals surface area contributed by atoms with Crippen LogP contribution in [-0.2, 0) is 10.5 Å². The van der Waals surface area contributed by atoms with Crippen LogP contribution in [0.5, 0.6) is 0 Å². The second kappa shape index (κ2) is 10.4. The van der Waals surface area contributed by atoms with E-state index in [0.29, 0.717) is 24.1 Å². The topological polar surface area (TPSA) is 71.3 Å². The maximum atomic E-state index is 12.9. The van der Waals surface area contributed by atoms with Crippen LogP contribution in [0.3, 0.4) is 0 Å². The number of benzene rings is 1. The van der Waals surface area contributed by atoms with Gasteiger partial charge in [-0.25, -0.2) is 0 Å². The molecule has 162 valence electrons. The fraction of sp³-hybridized carbons (Fsp3) is 0.583. The van der Waals surface area contributed by atoms with Gasteiger partial charge in [0.1, 0.15) is 5.58 Å². The van der Waals surface area contributed by atoms with Crippen LogP contribution in [0, 0.1) is 5.92 Å². The zero-order chi connectivity index (χ0) is 20.8. The number of rotatable bonds is 8. The third-order valence-corrected chi connectivity index (χ3v) is 7.75. The van der Waals surface area contributed by atoms with Gasteiger partial charge >= 0.3 is 0 Å². The van der Waals surface area contributed by atoms with Crippen molar-refractivity contribution in [2.24, 2.45) is 5.92 Å². The molecule has 0 spiro atoms. The Morgan fingerprint density at radius 3 is 2.43 bits per heavy atom. The third-order valence-electron chi connectivity index (χ3n) is 6.36. The van der Waals surface area contributed by atoms with E-state index in [9.17, 15) is 9.59 Å². The largest absolute Gasteiger partial charge is 0.451 e. The summed E-state index contributed by atoms with van der Waals surface area (Å²) in [6.45, 7) is 0.858. The maximum absolute atomic E-state index is 12.9. The van der Waals surface area contributed by atoms with Gasteiger partial charge in [-0.15, -0.1) is 0 Å². The Hall–Kier alpha value is -1.95. The molecule has 2 aliphatic rings. The molecule has 2 saturated carbocycles. The SMILES string of the molecule is O=C(NCCNC(=O)C1CCCC1)c1oc2ccccc2c1CSC1CCCCC1. The highest BCUT2D eigenvalue weighted by Gasteiger charge is 2.24. The van der Waals surface area contributed by atoms with Gasteiger partial charge in [0, 0.05) is 41.0 Å². The van der Waals surface area contributed by atoms with Crippen LogP contribution in [0.1, 0.15) is 73.9 Å². The van der Waals surface area contributed by atoms with Crippen LogP contribution in [0.15, 0.2) is 28.7 Å². The van der Waals surface area contributed by atoms with E-state index in [2.05, 4.69) is 10.6 Å². The lowest BCUT2D eigenvalue weighted by molar-refractivity contribution is -0.124. The predicted molar refractivity (Wildman–Crippen MR) is 122 cm³/mol. The van der Waals surface area contributed by atoms with Crippen molar-refractivity contribution in [3.8, 4) is 0 Å². The van der Waals surface area contributed by atoms with E-state index in [4.69, 9.17) is 4.42 Å².